The molecule has 1 aliphatic rings. The molecule has 0 bridgehead atoms. The van der Waals surface area contributed by atoms with Gasteiger partial charge in [-0.1, -0.05) is 6.42 Å². The number of aliphatic imine (C=N–C) groups is 1. The highest BCUT2D eigenvalue weighted by Gasteiger charge is 2.16. The highest BCUT2D eigenvalue weighted by atomic mass is 16.5. The van der Waals surface area contributed by atoms with Gasteiger partial charge in [-0.25, -0.2) is 0 Å². The lowest BCUT2D eigenvalue weighted by molar-refractivity contribution is 0.158. The van der Waals surface area contributed by atoms with E-state index in [0.717, 1.165) is 64.2 Å². The number of piperidine rings is 1. The SMILES string of the molecule is CCNC(=NCCCCN1CCCCC1C)NCCN(C)CCCOC. The Labute approximate surface area is 161 Å². The van der Waals surface area contributed by atoms with Gasteiger partial charge in [-0.15, -0.1) is 0 Å². The smallest absolute Gasteiger partial charge is 0.191 e. The third kappa shape index (κ3) is 11.0. The molecule has 0 aromatic rings. The number of hydrogen-bond donors (Lipinski definition) is 2. The minimum Gasteiger partial charge on any atom is -0.385 e. The topological polar surface area (TPSA) is 52.1 Å². The van der Waals surface area contributed by atoms with Crippen LogP contribution in [0.4, 0.5) is 0 Å². The summed E-state index contributed by atoms with van der Waals surface area (Å²) in [5, 5.41) is 6.79. The van der Waals surface area contributed by atoms with E-state index in [2.05, 4.69) is 41.3 Å². The highest BCUT2D eigenvalue weighted by Crippen LogP contribution is 2.16. The second-order valence-electron chi connectivity index (χ2n) is 7.42. The molecule has 2 N–H and O–H groups in total. The zero-order chi connectivity index (χ0) is 19.0. The molecule has 0 aromatic heterocycles. The summed E-state index contributed by atoms with van der Waals surface area (Å²) in [6.07, 6.45) is 7.63. The van der Waals surface area contributed by atoms with E-state index in [4.69, 9.17) is 9.73 Å². The van der Waals surface area contributed by atoms with Gasteiger partial charge in [-0.3, -0.25) is 4.99 Å². The van der Waals surface area contributed by atoms with Crippen molar-refractivity contribution >= 4 is 5.96 Å². The summed E-state index contributed by atoms with van der Waals surface area (Å²) in [6.45, 7) is 12.6. The predicted octanol–water partition coefficient (Wildman–Crippen LogP) is 2.16. The maximum Gasteiger partial charge on any atom is 0.191 e. The number of unbranched alkanes of at least 4 members (excludes halogenated alkanes) is 1. The van der Waals surface area contributed by atoms with Crippen LogP contribution >= 0.6 is 0 Å². The van der Waals surface area contributed by atoms with Crippen molar-refractivity contribution in [3.63, 3.8) is 0 Å². The number of nitrogens with zero attached hydrogens (tertiary/aromatic N) is 3. The summed E-state index contributed by atoms with van der Waals surface area (Å²) in [7, 11) is 3.91. The third-order valence-electron chi connectivity index (χ3n) is 5.08. The zero-order valence-electron chi connectivity index (χ0n) is 17.7. The molecule has 1 fully saturated rings. The van der Waals surface area contributed by atoms with E-state index in [0.29, 0.717) is 0 Å². The average Bonchev–Trinajstić information content (AvgIpc) is 2.63. The number of nitrogens with one attached hydrogen (secondary N) is 2. The molecule has 6 heteroatoms. The third-order valence-corrected chi connectivity index (χ3v) is 5.08. The Kier molecular flexibility index (Phi) is 13.6. The lowest BCUT2D eigenvalue weighted by atomic mass is 10.0. The molecule has 1 saturated heterocycles. The molecule has 6 nitrogen and oxygen atoms in total. The van der Waals surface area contributed by atoms with Gasteiger partial charge in [-0.05, 0) is 66.1 Å². The maximum absolute atomic E-state index is 5.10. The van der Waals surface area contributed by atoms with E-state index in [1.807, 2.05) is 0 Å². The molecule has 0 amide bonds. The van der Waals surface area contributed by atoms with E-state index < -0.39 is 0 Å². The summed E-state index contributed by atoms with van der Waals surface area (Å²) in [6, 6.07) is 0.770. The standard InChI is InChI=1S/C20H43N5O/c1-5-21-20(23-13-17-24(3)14-10-18-26-4)22-12-7-9-16-25-15-8-6-11-19(25)2/h19H,5-18H2,1-4H3,(H2,21,22,23). The first-order valence-corrected chi connectivity index (χ1v) is 10.6. The summed E-state index contributed by atoms with van der Waals surface area (Å²) in [5.74, 6) is 0.948. The van der Waals surface area contributed by atoms with Crippen LogP contribution in [0.25, 0.3) is 0 Å². The Morgan fingerprint density at radius 3 is 2.77 bits per heavy atom. The molecule has 0 aliphatic carbocycles. The van der Waals surface area contributed by atoms with Gasteiger partial charge in [0, 0.05) is 52.5 Å². The molecule has 1 rings (SSSR count). The monoisotopic (exact) mass is 369 g/mol. The largest absolute Gasteiger partial charge is 0.385 e. The van der Waals surface area contributed by atoms with E-state index in [1.54, 1.807) is 7.11 Å². The van der Waals surface area contributed by atoms with Crippen LogP contribution in [0.2, 0.25) is 0 Å². The molecular weight excluding hydrogens is 326 g/mol. The average molecular weight is 370 g/mol. The lowest BCUT2D eigenvalue weighted by Crippen LogP contribution is -2.41. The molecule has 0 saturated carbocycles. The fourth-order valence-electron chi connectivity index (χ4n) is 3.40. The van der Waals surface area contributed by atoms with Crippen LogP contribution in [0.3, 0.4) is 0 Å². The number of ether oxygens (including phenoxy) is 1. The summed E-state index contributed by atoms with van der Waals surface area (Å²) >= 11 is 0. The van der Waals surface area contributed by atoms with Gasteiger partial charge in [0.15, 0.2) is 5.96 Å². The minimum absolute atomic E-state index is 0.770. The Hall–Kier alpha value is -0.850. The normalized spacial score (nSPS) is 19.1. The van der Waals surface area contributed by atoms with E-state index >= 15 is 0 Å². The Bertz CT molecular complexity index is 364. The molecule has 1 aliphatic heterocycles. The first-order valence-electron chi connectivity index (χ1n) is 10.6. The second-order valence-corrected chi connectivity index (χ2v) is 7.42. The highest BCUT2D eigenvalue weighted by molar-refractivity contribution is 5.79. The summed E-state index contributed by atoms with van der Waals surface area (Å²) in [5.41, 5.74) is 0. The lowest BCUT2D eigenvalue weighted by Gasteiger charge is -2.33. The van der Waals surface area contributed by atoms with Crippen molar-refractivity contribution in [1.29, 1.82) is 0 Å². The predicted molar refractivity (Wildman–Crippen MR) is 112 cm³/mol. The van der Waals surface area contributed by atoms with Gasteiger partial charge >= 0.3 is 0 Å². The number of likely N-dealkylation sites (tertiary alicyclic amines) is 1. The molecule has 0 radical (unpaired) electrons. The Morgan fingerprint density at radius 1 is 1.19 bits per heavy atom. The van der Waals surface area contributed by atoms with Crippen molar-refractivity contribution in [3.8, 4) is 0 Å². The number of likely N-dealkylation sites (N-methyl/N-ethyl adjacent to an activating group) is 1. The Morgan fingerprint density at radius 2 is 2.04 bits per heavy atom. The van der Waals surface area contributed by atoms with Crippen molar-refractivity contribution in [1.82, 2.24) is 20.4 Å². The van der Waals surface area contributed by atoms with E-state index in [1.165, 1.54) is 38.8 Å². The molecule has 0 aromatic carbocycles. The first-order chi connectivity index (χ1) is 12.7. The van der Waals surface area contributed by atoms with Gasteiger partial charge in [0.25, 0.3) is 0 Å². The zero-order valence-corrected chi connectivity index (χ0v) is 17.7. The van der Waals surface area contributed by atoms with Gasteiger partial charge < -0.3 is 25.2 Å². The summed E-state index contributed by atoms with van der Waals surface area (Å²) in [4.78, 5) is 9.70. The molecule has 26 heavy (non-hydrogen) atoms. The van der Waals surface area contributed by atoms with Crippen LogP contribution < -0.4 is 10.6 Å². The van der Waals surface area contributed by atoms with Crippen molar-refractivity contribution < 1.29 is 4.74 Å². The van der Waals surface area contributed by atoms with Gasteiger partial charge in [0.05, 0.1) is 0 Å². The molecule has 1 unspecified atom stereocenters. The first kappa shape index (κ1) is 23.2. The molecular formula is C20H43N5O. The van der Waals surface area contributed by atoms with Crippen LogP contribution in [0.5, 0.6) is 0 Å². The maximum atomic E-state index is 5.10. The fourth-order valence-corrected chi connectivity index (χ4v) is 3.40. The Balaban J connectivity index is 2.15. The van der Waals surface area contributed by atoms with Crippen molar-refractivity contribution in [3.05, 3.63) is 0 Å². The van der Waals surface area contributed by atoms with Crippen LogP contribution in [-0.4, -0.2) is 88.4 Å². The van der Waals surface area contributed by atoms with Crippen molar-refractivity contribution in [2.45, 2.75) is 58.4 Å². The van der Waals surface area contributed by atoms with Gasteiger partial charge in [-0.2, -0.15) is 0 Å². The van der Waals surface area contributed by atoms with E-state index in [9.17, 15) is 0 Å². The van der Waals surface area contributed by atoms with Crippen LogP contribution in [0, 0.1) is 0 Å². The molecule has 0 spiro atoms. The van der Waals surface area contributed by atoms with Crippen molar-refractivity contribution in [2.24, 2.45) is 4.99 Å². The molecule has 1 atom stereocenters. The number of methoxy groups -OCH3 is 1. The quantitative estimate of drug-likeness (QED) is 0.296. The second kappa shape index (κ2) is 15.2. The van der Waals surface area contributed by atoms with Gasteiger partial charge in [0.2, 0.25) is 0 Å². The van der Waals surface area contributed by atoms with Crippen LogP contribution in [0.15, 0.2) is 4.99 Å². The summed E-state index contributed by atoms with van der Waals surface area (Å²) < 4.78 is 5.10. The number of rotatable bonds is 13. The fraction of sp³-hybridized carbons (Fsp3) is 0.950. The number of guanidine groups is 1. The number of hydrogen-bond acceptors (Lipinski definition) is 4. The molecule has 1 heterocycles. The van der Waals surface area contributed by atoms with Crippen LogP contribution in [0.1, 0.15) is 52.4 Å². The van der Waals surface area contributed by atoms with Crippen molar-refractivity contribution in [2.75, 3.05) is 66.6 Å². The van der Waals surface area contributed by atoms with E-state index in [-0.39, 0.29) is 0 Å². The minimum atomic E-state index is 0.770. The van der Waals surface area contributed by atoms with Crippen LogP contribution in [-0.2, 0) is 4.74 Å². The van der Waals surface area contributed by atoms with Gasteiger partial charge in [0.1, 0.15) is 0 Å². The molecule has 154 valence electrons.